The maximum atomic E-state index is 12.9. The van der Waals surface area contributed by atoms with Gasteiger partial charge >= 0.3 is 0 Å². The van der Waals surface area contributed by atoms with E-state index in [4.69, 9.17) is 4.52 Å². The van der Waals surface area contributed by atoms with Gasteiger partial charge in [-0.05, 0) is 49.2 Å². The van der Waals surface area contributed by atoms with Gasteiger partial charge in [-0.3, -0.25) is 9.78 Å². The molecule has 1 amide bonds. The van der Waals surface area contributed by atoms with Crippen LogP contribution in [-0.2, 0) is 5.54 Å². The number of pyridine rings is 1. The summed E-state index contributed by atoms with van der Waals surface area (Å²) in [6, 6.07) is 11.0. The Kier molecular flexibility index (Phi) is 5.03. The quantitative estimate of drug-likeness (QED) is 0.664. The third kappa shape index (κ3) is 3.78. The molecule has 7 heteroatoms. The Balaban J connectivity index is 1.63. The Bertz CT molecular complexity index is 919. The Hall–Kier alpha value is -2.54. The predicted octanol–water partition coefficient (Wildman–Crippen LogP) is 4.48. The first-order chi connectivity index (χ1) is 13.2. The average Bonchev–Trinajstić information content (AvgIpc) is 3.21. The van der Waals surface area contributed by atoms with E-state index in [9.17, 15) is 4.79 Å². The van der Waals surface area contributed by atoms with Crippen LogP contribution >= 0.6 is 15.9 Å². The van der Waals surface area contributed by atoms with Crippen LogP contribution in [0.5, 0.6) is 0 Å². The molecule has 1 saturated carbocycles. The SMILES string of the molecule is O=C(NC1(c2nc(-c3cccnc3)no2)CCCCC1)c1ccc(Br)cc1. The highest BCUT2D eigenvalue weighted by Gasteiger charge is 2.41. The minimum absolute atomic E-state index is 0.134. The molecule has 0 spiro atoms. The van der Waals surface area contributed by atoms with E-state index in [1.807, 2.05) is 24.3 Å². The van der Waals surface area contributed by atoms with Crippen LogP contribution in [-0.4, -0.2) is 21.0 Å². The lowest BCUT2D eigenvalue weighted by molar-refractivity contribution is 0.0824. The lowest BCUT2D eigenvalue weighted by atomic mass is 9.81. The van der Waals surface area contributed by atoms with Gasteiger partial charge in [-0.2, -0.15) is 4.98 Å². The lowest BCUT2D eigenvalue weighted by Crippen LogP contribution is -2.47. The summed E-state index contributed by atoms with van der Waals surface area (Å²) in [4.78, 5) is 21.6. The number of halogens is 1. The van der Waals surface area contributed by atoms with E-state index in [0.29, 0.717) is 17.3 Å². The van der Waals surface area contributed by atoms with Crippen LogP contribution in [0.25, 0.3) is 11.4 Å². The van der Waals surface area contributed by atoms with E-state index >= 15 is 0 Å². The smallest absolute Gasteiger partial charge is 0.252 e. The van der Waals surface area contributed by atoms with E-state index in [2.05, 4.69) is 36.4 Å². The molecule has 0 bridgehead atoms. The summed E-state index contributed by atoms with van der Waals surface area (Å²) in [5, 5.41) is 7.30. The van der Waals surface area contributed by atoms with Gasteiger partial charge in [0.2, 0.25) is 5.82 Å². The third-order valence-electron chi connectivity index (χ3n) is 4.92. The molecule has 0 unspecified atom stereocenters. The van der Waals surface area contributed by atoms with Gasteiger partial charge in [-0.25, -0.2) is 0 Å². The van der Waals surface area contributed by atoms with E-state index in [0.717, 1.165) is 42.1 Å². The molecule has 0 aliphatic heterocycles. The molecule has 3 aromatic rings. The highest BCUT2D eigenvalue weighted by atomic mass is 79.9. The second-order valence-electron chi connectivity index (χ2n) is 6.77. The van der Waals surface area contributed by atoms with Crippen LogP contribution in [0.3, 0.4) is 0 Å². The van der Waals surface area contributed by atoms with E-state index in [1.54, 1.807) is 24.5 Å². The number of hydrogen-bond donors (Lipinski definition) is 1. The molecule has 2 aromatic heterocycles. The van der Waals surface area contributed by atoms with Gasteiger partial charge in [-0.15, -0.1) is 0 Å². The molecule has 1 aliphatic carbocycles. The number of carbonyl (C=O) groups is 1. The van der Waals surface area contributed by atoms with Crippen LogP contribution in [0.15, 0.2) is 57.8 Å². The van der Waals surface area contributed by atoms with Crippen LogP contribution in [0, 0.1) is 0 Å². The maximum absolute atomic E-state index is 12.9. The van der Waals surface area contributed by atoms with Crippen molar-refractivity contribution in [1.29, 1.82) is 0 Å². The molecule has 1 aromatic carbocycles. The number of rotatable bonds is 4. The van der Waals surface area contributed by atoms with Crippen LogP contribution in [0.2, 0.25) is 0 Å². The van der Waals surface area contributed by atoms with Gasteiger partial charge in [0.05, 0.1) is 0 Å². The molecule has 1 aliphatic rings. The molecular weight excluding hydrogens is 408 g/mol. The zero-order chi connectivity index (χ0) is 18.7. The zero-order valence-electron chi connectivity index (χ0n) is 14.7. The molecule has 0 radical (unpaired) electrons. The largest absolute Gasteiger partial charge is 0.338 e. The summed E-state index contributed by atoms with van der Waals surface area (Å²) in [5.41, 5.74) is 0.767. The summed E-state index contributed by atoms with van der Waals surface area (Å²) in [6.45, 7) is 0. The number of benzene rings is 1. The molecule has 0 saturated heterocycles. The van der Waals surface area contributed by atoms with Crippen molar-refractivity contribution >= 4 is 21.8 Å². The molecular formula is C20H19BrN4O2. The number of carbonyl (C=O) groups excluding carboxylic acids is 1. The monoisotopic (exact) mass is 426 g/mol. The predicted molar refractivity (Wildman–Crippen MR) is 104 cm³/mol. The van der Waals surface area contributed by atoms with Gasteiger partial charge < -0.3 is 9.84 Å². The summed E-state index contributed by atoms with van der Waals surface area (Å²) in [7, 11) is 0. The first kappa shape index (κ1) is 17.9. The minimum atomic E-state index is -0.629. The van der Waals surface area contributed by atoms with Gasteiger partial charge in [0.15, 0.2) is 0 Å². The topological polar surface area (TPSA) is 80.9 Å². The van der Waals surface area contributed by atoms with Crippen molar-refractivity contribution in [1.82, 2.24) is 20.4 Å². The van der Waals surface area contributed by atoms with Crippen LogP contribution < -0.4 is 5.32 Å². The molecule has 27 heavy (non-hydrogen) atoms. The Morgan fingerprint density at radius 2 is 1.89 bits per heavy atom. The summed E-state index contributed by atoms with van der Waals surface area (Å²) in [6.07, 6.45) is 8.11. The van der Waals surface area contributed by atoms with Crippen LogP contribution in [0.1, 0.15) is 48.4 Å². The Morgan fingerprint density at radius 1 is 1.11 bits per heavy atom. The molecule has 4 rings (SSSR count). The van der Waals surface area contributed by atoms with Crippen molar-refractivity contribution in [3.63, 3.8) is 0 Å². The normalized spacial score (nSPS) is 16.0. The summed E-state index contributed by atoms with van der Waals surface area (Å²) in [5.74, 6) is 0.818. The van der Waals surface area contributed by atoms with E-state index < -0.39 is 5.54 Å². The number of nitrogens with zero attached hydrogens (tertiary/aromatic N) is 3. The molecule has 1 fully saturated rings. The number of amides is 1. The fourth-order valence-corrected chi connectivity index (χ4v) is 3.73. The summed E-state index contributed by atoms with van der Waals surface area (Å²) >= 11 is 3.40. The molecule has 0 atom stereocenters. The van der Waals surface area contributed by atoms with Crippen molar-refractivity contribution in [2.24, 2.45) is 0 Å². The van der Waals surface area contributed by atoms with Crippen molar-refractivity contribution in [3.05, 3.63) is 64.7 Å². The number of aromatic nitrogens is 3. The molecule has 138 valence electrons. The first-order valence-corrected chi connectivity index (χ1v) is 9.78. The fourth-order valence-electron chi connectivity index (χ4n) is 3.47. The molecule has 6 nitrogen and oxygen atoms in total. The average molecular weight is 427 g/mol. The van der Waals surface area contributed by atoms with Gasteiger partial charge in [-0.1, -0.05) is 40.3 Å². The van der Waals surface area contributed by atoms with E-state index in [-0.39, 0.29) is 5.91 Å². The second kappa shape index (κ2) is 7.60. The highest BCUT2D eigenvalue weighted by Crippen LogP contribution is 2.37. The first-order valence-electron chi connectivity index (χ1n) is 8.99. The standard InChI is InChI=1S/C20H19BrN4O2/c21-16-8-6-14(7-9-16)18(26)24-20(10-2-1-3-11-20)19-23-17(25-27-19)15-5-4-12-22-13-15/h4-9,12-13H,1-3,10-11H2,(H,24,26). The van der Waals surface area contributed by atoms with E-state index in [1.165, 1.54) is 0 Å². The van der Waals surface area contributed by atoms with Crippen molar-refractivity contribution in [2.75, 3.05) is 0 Å². The highest BCUT2D eigenvalue weighted by molar-refractivity contribution is 9.10. The lowest BCUT2D eigenvalue weighted by Gasteiger charge is -2.34. The van der Waals surface area contributed by atoms with Gasteiger partial charge in [0.25, 0.3) is 11.8 Å². The molecule has 2 heterocycles. The van der Waals surface area contributed by atoms with Gasteiger partial charge in [0, 0.05) is 28.0 Å². The third-order valence-corrected chi connectivity index (χ3v) is 5.45. The Morgan fingerprint density at radius 3 is 2.59 bits per heavy atom. The van der Waals surface area contributed by atoms with Gasteiger partial charge in [0.1, 0.15) is 5.54 Å². The number of hydrogen-bond acceptors (Lipinski definition) is 5. The molecule has 1 N–H and O–H groups in total. The van der Waals surface area contributed by atoms with Crippen molar-refractivity contribution < 1.29 is 9.32 Å². The van der Waals surface area contributed by atoms with Crippen molar-refractivity contribution in [3.8, 4) is 11.4 Å². The second-order valence-corrected chi connectivity index (χ2v) is 7.68. The minimum Gasteiger partial charge on any atom is -0.338 e. The van der Waals surface area contributed by atoms with Crippen molar-refractivity contribution in [2.45, 2.75) is 37.6 Å². The zero-order valence-corrected chi connectivity index (χ0v) is 16.3. The Labute approximate surface area is 165 Å². The number of nitrogens with one attached hydrogen (secondary N) is 1. The maximum Gasteiger partial charge on any atom is 0.252 e. The van der Waals surface area contributed by atoms with Crippen LogP contribution in [0.4, 0.5) is 0 Å². The fraction of sp³-hybridized carbons (Fsp3) is 0.300. The summed E-state index contributed by atoms with van der Waals surface area (Å²) < 4.78 is 6.54.